The summed E-state index contributed by atoms with van der Waals surface area (Å²) >= 11 is 0. The van der Waals surface area contributed by atoms with Crippen LogP contribution in [-0.2, 0) is 22.7 Å². The van der Waals surface area contributed by atoms with E-state index >= 15 is 0 Å². The Morgan fingerprint density at radius 3 is 1.47 bits per heavy atom. The largest absolute Gasteiger partial charge is 0.376 e. The minimum absolute atomic E-state index is 0.615. The Labute approximate surface area is 115 Å². The lowest BCUT2D eigenvalue weighted by molar-refractivity contribution is 0.102. The van der Waals surface area contributed by atoms with E-state index < -0.39 is 0 Å². The minimum Gasteiger partial charge on any atom is -0.376 e. The predicted molar refractivity (Wildman–Crippen MR) is 76.5 cm³/mol. The molecule has 19 heavy (non-hydrogen) atoms. The van der Waals surface area contributed by atoms with Crippen molar-refractivity contribution in [2.75, 3.05) is 13.2 Å². The van der Waals surface area contributed by atoms with Crippen LogP contribution in [0.2, 0.25) is 0 Å². The Bertz CT molecular complexity index is 396. The number of hydrogen-bond donors (Lipinski definition) is 0. The van der Waals surface area contributed by atoms with Crippen LogP contribution in [0.25, 0.3) is 0 Å². The summed E-state index contributed by atoms with van der Waals surface area (Å²) in [6.07, 6.45) is 2.01. The van der Waals surface area contributed by atoms with E-state index in [1.807, 2.05) is 42.8 Å². The normalized spacial score (nSPS) is 10.5. The first-order chi connectivity index (χ1) is 9.45. The molecule has 0 saturated carbocycles. The van der Waals surface area contributed by atoms with Crippen LogP contribution >= 0.6 is 0 Å². The summed E-state index contributed by atoms with van der Waals surface area (Å²) in [4.78, 5) is 0. The molecular formula is C17H19O2. The quantitative estimate of drug-likeness (QED) is 0.671. The van der Waals surface area contributed by atoms with Gasteiger partial charge >= 0.3 is 0 Å². The molecule has 0 N–H and O–H groups in total. The molecule has 0 unspecified atom stereocenters. The van der Waals surface area contributed by atoms with Gasteiger partial charge in [0.2, 0.25) is 0 Å². The smallest absolute Gasteiger partial charge is 0.0717 e. The van der Waals surface area contributed by atoms with Crippen molar-refractivity contribution < 1.29 is 9.47 Å². The standard InChI is InChI=1S/C17H19O2/c1-3-8-16(9-4-1)14-18-12-7-13-19-15-17-10-5-2-6-11-17/h1-11H,12-15H2. The summed E-state index contributed by atoms with van der Waals surface area (Å²) in [6.45, 7) is 2.53. The van der Waals surface area contributed by atoms with Crippen LogP contribution in [0.15, 0.2) is 60.7 Å². The predicted octanol–water partition coefficient (Wildman–Crippen LogP) is 3.62. The van der Waals surface area contributed by atoms with E-state index in [0.717, 1.165) is 0 Å². The van der Waals surface area contributed by atoms with Gasteiger partial charge in [-0.05, 0) is 11.1 Å². The highest BCUT2D eigenvalue weighted by Crippen LogP contribution is 2.02. The van der Waals surface area contributed by atoms with Gasteiger partial charge in [-0.25, -0.2) is 0 Å². The van der Waals surface area contributed by atoms with Gasteiger partial charge in [0, 0.05) is 6.42 Å². The van der Waals surface area contributed by atoms with Crippen LogP contribution in [0, 0.1) is 6.42 Å². The number of hydrogen-bond acceptors (Lipinski definition) is 2. The van der Waals surface area contributed by atoms with Gasteiger partial charge in [0.05, 0.1) is 26.4 Å². The fourth-order valence-electron chi connectivity index (χ4n) is 1.72. The maximum atomic E-state index is 5.54. The second kappa shape index (κ2) is 8.46. The zero-order chi connectivity index (χ0) is 13.2. The van der Waals surface area contributed by atoms with E-state index in [0.29, 0.717) is 26.4 Å². The van der Waals surface area contributed by atoms with Gasteiger partial charge in [-0.2, -0.15) is 0 Å². The first kappa shape index (κ1) is 13.8. The molecule has 0 bridgehead atoms. The lowest BCUT2D eigenvalue weighted by Gasteiger charge is -2.05. The van der Waals surface area contributed by atoms with Crippen LogP contribution < -0.4 is 0 Å². The van der Waals surface area contributed by atoms with Crippen molar-refractivity contribution in [2.45, 2.75) is 13.2 Å². The second-order valence-corrected chi connectivity index (χ2v) is 4.29. The van der Waals surface area contributed by atoms with E-state index in [-0.39, 0.29) is 0 Å². The van der Waals surface area contributed by atoms with Gasteiger partial charge in [0.15, 0.2) is 0 Å². The molecule has 2 nitrogen and oxygen atoms in total. The van der Waals surface area contributed by atoms with Gasteiger partial charge in [-0.15, -0.1) is 0 Å². The second-order valence-electron chi connectivity index (χ2n) is 4.29. The topological polar surface area (TPSA) is 18.5 Å². The van der Waals surface area contributed by atoms with Crippen molar-refractivity contribution >= 4 is 0 Å². The molecule has 0 fully saturated rings. The Morgan fingerprint density at radius 1 is 0.632 bits per heavy atom. The molecule has 0 saturated heterocycles. The Kier molecular flexibility index (Phi) is 6.14. The molecular weight excluding hydrogens is 236 g/mol. The van der Waals surface area contributed by atoms with E-state index in [4.69, 9.17) is 9.47 Å². The van der Waals surface area contributed by atoms with Crippen molar-refractivity contribution in [1.29, 1.82) is 0 Å². The van der Waals surface area contributed by atoms with Gasteiger partial charge in [0.25, 0.3) is 0 Å². The number of ether oxygens (including phenoxy) is 2. The van der Waals surface area contributed by atoms with Crippen molar-refractivity contribution in [3.63, 3.8) is 0 Å². The zero-order valence-corrected chi connectivity index (χ0v) is 11.0. The minimum atomic E-state index is 0.615. The summed E-state index contributed by atoms with van der Waals surface area (Å²) in [6, 6.07) is 20.3. The molecule has 2 heteroatoms. The van der Waals surface area contributed by atoms with Crippen molar-refractivity contribution in [3.8, 4) is 0 Å². The molecule has 0 atom stereocenters. The molecule has 2 aromatic rings. The fourth-order valence-corrected chi connectivity index (χ4v) is 1.72. The molecule has 2 aromatic carbocycles. The molecule has 0 spiro atoms. The Morgan fingerprint density at radius 2 is 1.05 bits per heavy atom. The van der Waals surface area contributed by atoms with E-state index in [2.05, 4.69) is 24.3 Å². The molecule has 0 amide bonds. The summed E-state index contributed by atoms with van der Waals surface area (Å²) in [5.41, 5.74) is 2.39. The average Bonchev–Trinajstić information content (AvgIpc) is 2.48. The lowest BCUT2D eigenvalue weighted by atomic mass is 10.2. The monoisotopic (exact) mass is 255 g/mol. The number of rotatable bonds is 8. The molecule has 0 aliphatic heterocycles. The van der Waals surface area contributed by atoms with Gasteiger partial charge in [0.1, 0.15) is 0 Å². The highest BCUT2D eigenvalue weighted by atomic mass is 16.5. The summed E-state index contributed by atoms with van der Waals surface area (Å²) in [5.74, 6) is 0. The summed E-state index contributed by atoms with van der Waals surface area (Å²) < 4.78 is 11.1. The van der Waals surface area contributed by atoms with Crippen molar-refractivity contribution in [3.05, 3.63) is 78.2 Å². The van der Waals surface area contributed by atoms with E-state index in [1.165, 1.54) is 11.1 Å². The first-order valence-electron chi connectivity index (χ1n) is 6.50. The molecule has 99 valence electrons. The molecule has 0 heterocycles. The zero-order valence-electron chi connectivity index (χ0n) is 11.0. The van der Waals surface area contributed by atoms with Gasteiger partial charge in [-0.3, -0.25) is 0 Å². The van der Waals surface area contributed by atoms with Crippen LogP contribution in [0.1, 0.15) is 11.1 Å². The fraction of sp³-hybridized carbons (Fsp3) is 0.235. The van der Waals surface area contributed by atoms with Gasteiger partial charge < -0.3 is 9.47 Å². The van der Waals surface area contributed by atoms with Crippen LogP contribution in [0.4, 0.5) is 0 Å². The average molecular weight is 255 g/mol. The third-order valence-corrected chi connectivity index (χ3v) is 2.69. The van der Waals surface area contributed by atoms with Gasteiger partial charge in [-0.1, -0.05) is 60.7 Å². The van der Waals surface area contributed by atoms with Crippen LogP contribution in [0.3, 0.4) is 0 Å². The van der Waals surface area contributed by atoms with E-state index in [9.17, 15) is 0 Å². The molecule has 0 aliphatic carbocycles. The highest BCUT2D eigenvalue weighted by Gasteiger charge is 1.94. The molecule has 2 rings (SSSR count). The first-order valence-corrected chi connectivity index (χ1v) is 6.50. The SMILES string of the molecule is [CH](COCc1ccccc1)COCc1ccccc1. The maximum Gasteiger partial charge on any atom is 0.0717 e. The van der Waals surface area contributed by atoms with Crippen LogP contribution in [0.5, 0.6) is 0 Å². The molecule has 1 radical (unpaired) electrons. The Balaban J connectivity index is 1.49. The lowest BCUT2D eigenvalue weighted by Crippen LogP contribution is -2.02. The van der Waals surface area contributed by atoms with Crippen LogP contribution in [-0.4, -0.2) is 13.2 Å². The van der Waals surface area contributed by atoms with E-state index in [1.54, 1.807) is 0 Å². The highest BCUT2D eigenvalue weighted by molar-refractivity contribution is 5.14. The Hall–Kier alpha value is -1.64. The number of benzene rings is 2. The summed E-state index contributed by atoms with van der Waals surface area (Å²) in [5, 5.41) is 0. The third kappa shape index (κ3) is 5.69. The van der Waals surface area contributed by atoms with Crippen molar-refractivity contribution in [1.82, 2.24) is 0 Å². The molecule has 0 aliphatic rings. The maximum absolute atomic E-state index is 5.54. The van der Waals surface area contributed by atoms with Crippen molar-refractivity contribution in [2.24, 2.45) is 0 Å². The summed E-state index contributed by atoms with van der Waals surface area (Å²) in [7, 11) is 0. The third-order valence-electron chi connectivity index (χ3n) is 2.69. The molecule has 0 aromatic heterocycles.